The number of benzene rings is 1. The van der Waals surface area contributed by atoms with Crippen LogP contribution in [0.2, 0.25) is 24.7 Å². The molecule has 1 aliphatic heterocycles. The molecular weight excluding hydrogens is 1030 g/mol. The van der Waals surface area contributed by atoms with Crippen LogP contribution < -0.4 is 0 Å². The largest absolute Gasteiger partial charge is 0.493 e. The third-order valence-electron chi connectivity index (χ3n) is 16.0. The van der Waals surface area contributed by atoms with Gasteiger partial charge in [-0.2, -0.15) is 0 Å². The molecule has 1 aromatic rings. The molecule has 0 aromatic heterocycles. The van der Waals surface area contributed by atoms with Crippen LogP contribution in [0.15, 0.2) is 43.0 Å². The minimum Gasteiger partial charge on any atom is -0.463 e. The molecule has 4 aliphatic carbocycles. The monoisotopic (exact) mass is 1140 g/mol. The minimum atomic E-state index is -3.64. The van der Waals surface area contributed by atoms with E-state index in [0.29, 0.717) is 93.9 Å². The predicted octanol–water partition coefficient (Wildman–Crippen LogP) is 13.3. The van der Waals surface area contributed by atoms with Gasteiger partial charge >= 0.3 is 44.1 Å². The van der Waals surface area contributed by atoms with Crippen molar-refractivity contribution in [1.82, 2.24) is 0 Å². The number of unbranched alkanes of at least 4 members (excludes halogenated alkanes) is 2. The molecule has 11 unspecified atom stereocenters. The Morgan fingerprint density at radius 2 is 1.18 bits per heavy atom. The summed E-state index contributed by atoms with van der Waals surface area (Å²) in [6, 6.07) is 10.1. The molecule has 5 fully saturated rings. The minimum absolute atomic E-state index is 0. The van der Waals surface area contributed by atoms with Crippen molar-refractivity contribution in [3.05, 3.63) is 54.1 Å². The van der Waals surface area contributed by atoms with Crippen molar-refractivity contribution in [2.24, 2.45) is 17.8 Å². The molecule has 6 rings (SSSR count). The van der Waals surface area contributed by atoms with Gasteiger partial charge in [-0.15, -0.1) is 0 Å². The SMILES string of the molecule is C.C.C.C.C.C.C=CC(=O)OCCCCCC(=O)OC1CCC(CC[Si](OC)(OC)O[Si](CCC2CCC(OC(=O)/C=C/c3ccc(C4CCCCC4)cc3)C(O)C2)(OC)O[Si](C)(CCC2CCC3OC3C2)OC)CC1O. The molecule has 1 saturated heterocycles. The van der Waals surface area contributed by atoms with Crippen LogP contribution in [0.3, 0.4) is 0 Å². The number of hydrogen-bond donors (Lipinski definition) is 2. The standard InChI is InChI=1S/C53H86O15Si3.6CH4/c1-7-51(56)63-32-13-9-12-16-52(57)65-47-25-19-40(36-45(47)54)30-34-70(60-3,61-4)68-71(62-5,67-69(6,59-2)33-29-42-21-27-49-50(38-42)64-49)35-31-41-20-26-48(46(55)37-41)66-53(58)28-22-39-17-23-44(24-18-39)43-14-10-8-11-15-43;;;;;;/h7,17-18,22-24,28,40-43,45-50,54-55H,1,8-16,19-21,25-27,29-38H2,2-6H3;6*1H4/b28-22+;;;;;;. The average Bonchev–Trinajstić information content (AvgIpc) is 4.18. The molecule has 0 bridgehead atoms. The first-order chi connectivity index (χ1) is 34.2. The third kappa shape index (κ3) is 23.4. The highest BCUT2D eigenvalue weighted by Crippen LogP contribution is 2.43. The highest BCUT2D eigenvalue weighted by Gasteiger charge is 2.56. The van der Waals surface area contributed by atoms with Crippen LogP contribution >= 0.6 is 0 Å². The Labute approximate surface area is 471 Å². The van der Waals surface area contributed by atoms with Crippen LogP contribution in [0.4, 0.5) is 0 Å². The number of hydrogen-bond acceptors (Lipinski definition) is 15. The van der Waals surface area contributed by atoms with E-state index in [1.54, 1.807) is 34.5 Å². The molecule has 18 heteroatoms. The van der Waals surface area contributed by atoms with E-state index in [0.717, 1.165) is 56.2 Å². The van der Waals surface area contributed by atoms with Crippen molar-refractivity contribution in [2.75, 3.05) is 35.0 Å². The maximum Gasteiger partial charge on any atom is 0.493 e. The Kier molecular flexibility index (Phi) is 35.5. The van der Waals surface area contributed by atoms with Crippen molar-refractivity contribution in [1.29, 1.82) is 0 Å². The maximum absolute atomic E-state index is 13.0. The van der Waals surface area contributed by atoms with Gasteiger partial charge in [0, 0.05) is 59.1 Å². The third-order valence-corrected chi connectivity index (χ3v) is 27.2. The Morgan fingerprint density at radius 3 is 1.74 bits per heavy atom. The van der Waals surface area contributed by atoms with E-state index >= 15 is 0 Å². The van der Waals surface area contributed by atoms with Gasteiger partial charge in [0.05, 0.1) is 31.0 Å². The van der Waals surface area contributed by atoms with Crippen molar-refractivity contribution >= 4 is 50.2 Å². The quantitative estimate of drug-likeness (QED) is 0.0192. The number of carbonyl (C=O) groups is 3. The molecule has 4 saturated carbocycles. The van der Waals surface area contributed by atoms with Crippen LogP contribution in [0.5, 0.6) is 0 Å². The second-order valence-electron chi connectivity index (χ2n) is 21.0. The molecule has 448 valence electrons. The molecule has 5 aliphatic rings. The number of carbonyl (C=O) groups excluding carboxylic acids is 3. The highest BCUT2D eigenvalue weighted by atomic mass is 28.5. The number of aliphatic hydroxyl groups excluding tert-OH is 2. The highest BCUT2D eigenvalue weighted by molar-refractivity contribution is 6.82. The zero-order valence-corrected chi connectivity index (χ0v) is 46.4. The molecule has 11 atom stereocenters. The average molecular weight is 1140 g/mol. The second kappa shape index (κ2) is 36.7. The summed E-state index contributed by atoms with van der Waals surface area (Å²) in [5.41, 5.74) is 2.31. The van der Waals surface area contributed by atoms with Gasteiger partial charge in [0.1, 0.15) is 12.2 Å². The summed E-state index contributed by atoms with van der Waals surface area (Å²) in [5, 5.41) is 22.5. The lowest BCUT2D eigenvalue weighted by Crippen LogP contribution is -2.62. The number of epoxide rings is 1. The molecule has 77 heavy (non-hydrogen) atoms. The van der Waals surface area contributed by atoms with E-state index < -0.39 is 62.5 Å². The van der Waals surface area contributed by atoms with Crippen molar-refractivity contribution in [2.45, 2.75) is 247 Å². The number of ether oxygens (including phenoxy) is 4. The Hall–Kier alpha value is -2.60. The van der Waals surface area contributed by atoms with E-state index in [2.05, 4.69) is 37.4 Å². The van der Waals surface area contributed by atoms with Crippen molar-refractivity contribution < 1.29 is 69.5 Å². The van der Waals surface area contributed by atoms with Crippen molar-refractivity contribution in [3.8, 4) is 0 Å². The van der Waals surface area contributed by atoms with Crippen LogP contribution in [0.1, 0.15) is 196 Å². The Morgan fingerprint density at radius 1 is 0.623 bits per heavy atom. The molecule has 1 heterocycles. The van der Waals surface area contributed by atoms with E-state index in [9.17, 15) is 24.6 Å². The number of aliphatic hydroxyl groups is 2. The van der Waals surface area contributed by atoms with E-state index in [4.69, 9.17) is 44.9 Å². The summed E-state index contributed by atoms with van der Waals surface area (Å²) < 4.78 is 62.1. The fourth-order valence-electron chi connectivity index (χ4n) is 11.3. The van der Waals surface area contributed by atoms with Gasteiger partial charge in [-0.3, -0.25) is 4.79 Å². The summed E-state index contributed by atoms with van der Waals surface area (Å²) in [4.78, 5) is 36.9. The first-order valence-electron chi connectivity index (χ1n) is 26.8. The van der Waals surface area contributed by atoms with Gasteiger partial charge in [-0.05, 0) is 163 Å². The smallest absolute Gasteiger partial charge is 0.463 e. The van der Waals surface area contributed by atoms with Crippen molar-refractivity contribution in [3.63, 3.8) is 0 Å². The van der Waals surface area contributed by atoms with Crippen LogP contribution in [0, 0.1) is 17.8 Å². The Balaban J connectivity index is 0.00000963. The molecule has 0 spiro atoms. The lowest BCUT2D eigenvalue weighted by atomic mass is 9.84. The zero-order chi connectivity index (χ0) is 50.9. The molecule has 2 N–H and O–H groups in total. The van der Waals surface area contributed by atoms with Crippen LogP contribution in [-0.2, 0) is 59.3 Å². The van der Waals surface area contributed by atoms with Gasteiger partial charge in [-0.1, -0.05) is 94.7 Å². The number of rotatable bonds is 29. The zero-order valence-electron chi connectivity index (χ0n) is 43.4. The summed E-state index contributed by atoms with van der Waals surface area (Å²) in [6.45, 7) is 5.75. The maximum atomic E-state index is 13.0. The topological polar surface area (TPSA) is 187 Å². The van der Waals surface area contributed by atoms with Gasteiger partial charge in [0.2, 0.25) is 0 Å². The summed E-state index contributed by atoms with van der Waals surface area (Å²) in [5.74, 6) is 0.100. The molecular formula is C59H110O15Si3. The van der Waals surface area contributed by atoms with Gasteiger partial charge in [-0.25, -0.2) is 9.59 Å². The van der Waals surface area contributed by atoms with Gasteiger partial charge < -0.3 is 55.1 Å². The lowest BCUT2D eigenvalue weighted by Gasteiger charge is -2.42. The second-order valence-corrected chi connectivity index (χ2v) is 30.8. The lowest BCUT2D eigenvalue weighted by molar-refractivity contribution is -0.159. The molecule has 0 radical (unpaired) electrons. The summed E-state index contributed by atoms with van der Waals surface area (Å²) >= 11 is 0. The molecule has 1 aromatic carbocycles. The van der Waals surface area contributed by atoms with Crippen LogP contribution in [-0.4, -0.2) is 126 Å². The number of esters is 3. The normalized spacial score (nSPS) is 26.6. The Bertz CT molecular complexity index is 1850. The van der Waals surface area contributed by atoms with E-state index in [1.807, 2.05) is 0 Å². The molecule has 15 nitrogen and oxygen atoms in total. The first kappa shape index (κ1) is 74.4. The van der Waals surface area contributed by atoms with E-state index in [1.165, 1.54) is 43.7 Å². The first-order valence-corrected chi connectivity index (χ1v) is 33.2. The fourth-order valence-corrected chi connectivity index (χ4v) is 23.2. The fraction of sp³-hybridized carbons (Fsp3) is 0.780. The predicted molar refractivity (Wildman–Crippen MR) is 315 cm³/mol. The summed E-state index contributed by atoms with van der Waals surface area (Å²) in [6.07, 6.45) is 19.9. The van der Waals surface area contributed by atoms with Crippen LogP contribution in [0.25, 0.3) is 6.08 Å². The van der Waals surface area contributed by atoms with Gasteiger partial charge in [0.15, 0.2) is 0 Å². The van der Waals surface area contributed by atoms with E-state index in [-0.39, 0.29) is 75.4 Å². The number of fused-ring (bicyclic) bond motifs is 1. The van der Waals surface area contributed by atoms with Gasteiger partial charge in [0.25, 0.3) is 0 Å². The molecule has 0 amide bonds. The summed E-state index contributed by atoms with van der Waals surface area (Å²) in [7, 11) is -3.46.